The summed E-state index contributed by atoms with van der Waals surface area (Å²) >= 11 is 0. The molecule has 0 aromatic heterocycles. The van der Waals surface area contributed by atoms with E-state index in [4.69, 9.17) is 4.74 Å². The molecule has 0 radical (unpaired) electrons. The van der Waals surface area contributed by atoms with Gasteiger partial charge in [-0.25, -0.2) is 0 Å². The van der Waals surface area contributed by atoms with E-state index in [-0.39, 0.29) is 5.92 Å². The molecule has 4 atom stereocenters. The maximum absolute atomic E-state index is 11.1. The van der Waals surface area contributed by atoms with Gasteiger partial charge in [0.05, 0.1) is 29.5 Å². The first-order valence-electron chi connectivity index (χ1n) is 9.21. The zero-order valence-corrected chi connectivity index (χ0v) is 15.6. The van der Waals surface area contributed by atoms with Crippen LogP contribution in [0.15, 0.2) is 23.8 Å². The summed E-state index contributed by atoms with van der Waals surface area (Å²) in [6.45, 7) is 8.20. The zero-order chi connectivity index (χ0) is 18.0. The average molecular weight is 338 g/mol. The van der Waals surface area contributed by atoms with Crippen LogP contribution in [0.3, 0.4) is 0 Å². The van der Waals surface area contributed by atoms with Crippen LogP contribution in [0.5, 0.6) is 0 Å². The third-order valence-corrected chi connectivity index (χ3v) is 5.87. The molecule has 138 valence electrons. The summed E-state index contributed by atoms with van der Waals surface area (Å²) in [5.41, 5.74) is -1.42. The second-order valence-corrected chi connectivity index (χ2v) is 8.39. The summed E-state index contributed by atoms with van der Waals surface area (Å²) in [4.78, 5) is 0. The lowest BCUT2D eigenvalue weighted by Crippen LogP contribution is -2.44. The van der Waals surface area contributed by atoms with Crippen molar-refractivity contribution in [1.29, 1.82) is 0 Å². The highest BCUT2D eigenvalue weighted by Gasteiger charge is 2.40. The molecule has 3 N–H and O–H groups in total. The molecule has 2 aliphatic rings. The number of aliphatic hydroxyl groups is 3. The van der Waals surface area contributed by atoms with Crippen LogP contribution in [0.25, 0.3) is 0 Å². The van der Waals surface area contributed by atoms with Crippen molar-refractivity contribution in [1.82, 2.24) is 0 Å². The predicted octanol–water partition coefficient (Wildman–Crippen LogP) is 3.11. The van der Waals surface area contributed by atoms with E-state index in [1.54, 1.807) is 19.1 Å². The second-order valence-electron chi connectivity index (χ2n) is 8.39. The third kappa shape index (κ3) is 4.69. The van der Waals surface area contributed by atoms with Gasteiger partial charge in [-0.3, -0.25) is 0 Å². The Morgan fingerprint density at radius 1 is 1.12 bits per heavy atom. The van der Waals surface area contributed by atoms with Gasteiger partial charge >= 0.3 is 0 Å². The van der Waals surface area contributed by atoms with Gasteiger partial charge in [-0.1, -0.05) is 32.1 Å². The summed E-state index contributed by atoms with van der Waals surface area (Å²) in [5, 5.41) is 32.2. The molecule has 24 heavy (non-hydrogen) atoms. The molecule has 2 aliphatic heterocycles. The van der Waals surface area contributed by atoms with E-state index < -0.39 is 22.9 Å². The van der Waals surface area contributed by atoms with Crippen LogP contribution < -0.4 is 0 Å². The van der Waals surface area contributed by atoms with E-state index in [2.05, 4.69) is 6.08 Å². The third-order valence-electron chi connectivity index (χ3n) is 5.87. The van der Waals surface area contributed by atoms with Crippen LogP contribution in [0.2, 0.25) is 0 Å². The number of hydrogen-bond acceptors (Lipinski definition) is 4. The van der Waals surface area contributed by atoms with Gasteiger partial charge in [0.1, 0.15) is 0 Å². The lowest BCUT2D eigenvalue weighted by Gasteiger charge is -2.37. The van der Waals surface area contributed by atoms with Crippen molar-refractivity contribution in [3.63, 3.8) is 0 Å². The van der Waals surface area contributed by atoms with E-state index in [0.717, 1.165) is 12.8 Å². The SMILES string of the molecule is CC(C)[C@]1(O)C=C[C@](C)(O)CCC=C2CC[C@H](O)[C@@](C)(CC1)OC2. The molecule has 0 spiro atoms. The maximum atomic E-state index is 11.1. The summed E-state index contributed by atoms with van der Waals surface area (Å²) in [5.74, 6) is 0.00915. The van der Waals surface area contributed by atoms with Gasteiger partial charge in [0.2, 0.25) is 0 Å². The number of rotatable bonds is 1. The molecule has 4 heteroatoms. The van der Waals surface area contributed by atoms with Crippen molar-refractivity contribution in [2.45, 2.75) is 89.1 Å². The second kappa shape index (κ2) is 7.28. The summed E-state index contributed by atoms with van der Waals surface area (Å²) < 4.78 is 6.09. The lowest BCUT2D eigenvalue weighted by atomic mass is 9.79. The van der Waals surface area contributed by atoms with Crippen LogP contribution in [0.4, 0.5) is 0 Å². The minimum atomic E-state index is -1.02. The van der Waals surface area contributed by atoms with Gasteiger partial charge in [0.25, 0.3) is 0 Å². The molecule has 1 saturated heterocycles. The molecular formula is C20H34O4. The Morgan fingerprint density at radius 2 is 1.83 bits per heavy atom. The fraction of sp³-hybridized carbons (Fsp3) is 0.800. The molecule has 2 bridgehead atoms. The van der Waals surface area contributed by atoms with Gasteiger partial charge < -0.3 is 20.1 Å². The molecule has 0 amide bonds. The number of hydrogen-bond donors (Lipinski definition) is 3. The van der Waals surface area contributed by atoms with Gasteiger partial charge in [-0.2, -0.15) is 0 Å². The van der Waals surface area contributed by atoms with Crippen LogP contribution in [-0.4, -0.2) is 44.8 Å². The fourth-order valence-corrected chi connectivity index (χ4v) is 3.44. The van der Waals surface area contributed by atoms with Gasteiger partial charge in [0, 0.05) is 0 Å². The molecule has 2 heterocycles. The molecule has 0 aromatic carbocycles. The van der Waals surface area contributed by atoms with Crippen molar-refractivity contribution >= 4 is 0 Å². The summed E-state index contributed by atoms with van der Waals surface area (Å²) in [6, 6.07) is 0. The molecular weight excluding hydrogens is 304 g/mol. The normalized spacial score (nSPS) is 42.0. The van der Waals surface area contributed by atoms with E-state index in [9.17, 15) is 15.3 Å². The number of allylic oxidation sites excluding steroid dienone is 1. The minimum Gasteiger partial charge on any atom is -0.390 e. The van der Waals surface area contributed by atoms with Crippen LogP contribution >= 0.6 is 0 Å². The average Bonchev–Trinajstić information content (AvgIpc) is 2.64. The molecule has 1 fully saturated rings. The molecule has 4 nitrogen and oxygen atoms in total. The van der Waals surface area contributed by atoms with E-state index in [1.165, 1.54) is 5.57 Å². The molecule has 0 aromatic rings. The van der Waals surface area contributed by atoms with Crippen LogP contribution in [0.1, 0.15) is 66.2 Å². The molecule has 0 saturated carbocycles. The molecule has 2 rings (SSSR count). The Bertz CT molecular complexity index is 494. The topological polar surface area (TPSA) is 69.9 Å². The standard InChI is InChI=1S/C20H34O4/c1-15(2)20(23)12-10-18(3,22)9-5-6-16-7-8-17(21)19(4,11-13-20)24-14-16/h6,10,12,15,17,21-23H,5,7-9,11,13-14H2,1-4H3/t17-,18+,19+,20-/m0/s1. The molecule has 0 aliphatic carbocycles. The Labute approximate surface area is 146 Å². The first kappa shape index (κ1) is 19.6. The van der Waals surface area contributed by atoms with Crippen molar-refractivity contribution in [3.8, 4) is 0 Å². The van der Waals surface area contributed by atoms with Crippen molar-refractivity contribution in [3.05, 3.63) is 23.8 Å². The Hall–Kier alpha value is -0.680. The maximum Gasteiger partial charge on any atom is 0.0917 e. The van der Waals surface area contributed by atoms with Crippen LogP contribution in [0, 0.1) is 5.92 Å². The van der Waals surface area contributed by atoms with Gasteiger partial charge in [0.15, 0.2) is 0 Å². The highest BCUT2D eigenvalue weighted by molar-refractivity contribution is 5.13. The minimum absolute atomic E-state index is 0.00915. The highest BCUT2D eigenvalue weighted by Crippen LogP contribution is 2.36. The van der Waals surface area contributed by atoms with E-state index >= 15 is 0 Å². The Morgan fingerprint density at radius 3 is 2.50 bits per heavy atom. The smallest absolute Gasteiger partial charge is 0.0917 e. The van der Waals surface area contributed by atoms with E-state index in [0.29, 0.717) is 32.3 Å². The first-order chi connectivity index (χ1) is 11.1. The van der Waals surface area contributed by atoms with E-state index in [1.807, 2.05) is 20.8 Å². The van der Waals surface area contributed by atoms with Crippen LogP contribution in [-0.2, 0) is 4.74 Å². The fourth-order valence-electron chi connectivity index (χ4n) is 3.44. The zero-order valence-electron chi connectivity index (χ0n) is 15.6. The highest BCUT2D eigenvalue weighted by atomic mass is 16.5. The predicted molar refractivity (Wildman–Crippen MR) is 95.7 cm³/mol. The molecule has 0 unspecified atom stereocenters. The number of ether oxygens (including phenoxy) is 1. The van der Waals surface area contributed by atoms with Crippen molar-refractivity contribution < 1.29 is 20.1 Å². The Balaban J connectivity index is 2.34. The monoisotopic (exact) mass is 338 g/mol. The van der Waals surface area contributed by atoms with Crippen molar-refractivity contribution in [2.24, 2.45) is 5.92 Å². The summed E-state index contributed by atoms with van der Waals surface area (Å²) in [7, 11) is 0. The van der Waals surface area contributed by atoms with Crippen molar-refractivity contribution in [2.75, 3.05) is 6.61 Å². The quantitative estimate of drug-likeness (QED) is 0.643. The lowest BCUT2D eigenvalue weighted by molar-refractivity contribution is -0.114. The summed E-state index contributed by atoms with van der Waals surface area (Å²) in [6.07, 6.45) is 8.99. The number of aliphatic hydroxyl groups excluding tert-OH is 1. The van der Waals surface area contributed by atoms with Gasteiger partial charge in [-0.05, 0) is 63.9 Å². The largest absolute Gasteiger partial charge is 0.390 e. The van der Waals surface area contributed by atoms with Gasteiger partial charge in [-0.15, -0.1) is 0 Å². The number of fused-ring (bicyclic) bond motifs is 3. The first-order valence-corrected chi connectivity index (χ1v) is 9.21. The Kier molecular flexibility index (Phi) is 5.96.